The maximum atomic E-state index is 13.5. The van der Waals surface area contributed by atoms with Crippen LogP contribution in [0.1, 0.15) is 29.3 Å². The van der Waals surface area contributed by atoms with Crippen molar-refractivity contribution >= 4 is 33.9 Å². The number of hydrogen-bond donors (Lipinski definition) is 2. The Bertz CT molecular complexity index is 1510. The van der Waals surface area contributed by atoms with Gasteiger partial charge in [-0.15, -0.1) is 0 Å². The van der Waals surface area contributed by atoms with Gasteiger partial charge in [0.25, 0.3) is 5.91 Å². The number of nitrogens with two attached hydrogens (primary N) is 1. The van der Waals surface area contributed by atoms with Crippen molar-refractivity contribution in [3.63, 3.8) is 0 Å². The summed E-state index contributed by atoms with van der Waals surface area (Å²) in [5.41, 5.74) is 11.4. The lowest BCUT2D eigenvalue weighted by Gasteiger charge is -2.14. The number of fused-ring (bicyclic) bond motifs is 2. The second kappa shape index (κ2) is 9.46. The van der Waals surface area contributed by atoms with Gasteiger partial charge in [0.15, 0.2) is 5.65 Å². The number of nitrogens with zero attached hydrogens (tertiary/aromatic N) is 3. The molecule has 176 valence electrons. The molecule has 1 atom stereocenters. The van der Waals surface area contributed by atoms with Gasteiger partial charge in [0.05, 0.1) is 23.8 Å². The molecular weight excluding hydrogens is 438 g/mol. The maximum Gasteiger partial charge on any atom is 0.257 e. The van der Waals surface area contributed by atoms with Gasteiger partial charge < -0.3 is 15.8 Å². The molecule has 0 spiro atoms. The number of ether oxygens (including phenoxy) is 1. The zero-order chi connectivity index (χ0) is 24.4. The van der Waals surface area contributed by atoms with Gasteiger partial charge in [-0.2, -0.15) is 0 Å². The quantitative estimate of drug-likeness (QED) is 0.356. The molecule has 0 radical (unpaired) electrons. The highest BCUT2D eigenvalue weighted by Gasteiger charge is 2.25. The SMILES string of the molecule is COc1cccc(-n2c(N)c(C(=O)N[C@H](C)CCc3ccccc3)c3nc4ccccc4nc32)c1. The van der Waals surface area contributed by atoms with Gasteiger partial charge in [-0.3, -0.25) is 9.36 Å². The molecule has 7 heteroatoms. The summed E-state index contributed by atoms with van der Waals surface area (Å²) in [4.78, 5) is 23.1. The summed E-state index contributed by atoms with van der Waals surface area (Å²) in [6.07, 6.45) is 1.67. The fourth-order valence-corrected chi connectivity index (χ4v) is 4.29. The molecule has 1 amide bonds. The van der Waals surface area contributed by atoms with Crippen LogP contribution in [0.5, 0.6) is 5.75 Å². The Morgan fingerprint density at radius 3 is 2.46 bits per heavy atom. The van der Waals surface area contributed by atoms with Crippen LogP contribution < -0.4 is 15.8 Å². The van der Waals surface area contributed by atoms with Gasteiger partial charge in [0.1, 0.15) is 22.6 Å². The summed E-state index contributed by atoms with van der Waals surface area (Å²) in [5, 5.41) is 3.11. The summed E-state index contributed by atoms with van der Waals surface area (Å²) in [7, 11) is 1.61. The predicted octanol–water partition coefficient (Wildman–Crippen LogP) is 4.92. The van der Waals surface area contributed by atoms with E-state index in [1.807, 2.05) is 73.7 Å². The van der Waals surface area contributed by atoms with Crippen LogP contribution in [0.3, 0.4) is 0 Å². The third kappa shape index (κ3) is 4.40. The van der Waals surface area contributed by atoms with E-state index in [0.29, 0.717) is 28.0 Å². The molecule has 7 nitrogen and oxygen atoms in total. The Kier molecular flexibility index (Phi) is 6.06. The molecule has 0 fully saturated rings. The number of benzene rings is 3. The smallest absolute Gasteiger partial charge is 0.257 e. The number of anilines is 1. The van der Waals surface area contributed by atoms with Crippen LogP contribution in [0.15, 0.2) is 78.9 Å². The number of para-hydroxylation sites is 2. The molecule has 35 heavy (non-hydrogen) atoms. The van der Waals surface area contributed by atoms with Crippen molar-refractivity contribution in [2.75, 3.05) is 12.8 Å². The monoisotopic (exact) mass is 465 g/mol. The first kappa shape index (κ1) is 22.4. The number of hydrogen-bond acceptors (Lipinski definition) is 5. The number of aryl methyl sites for hydroxylation is 1. The zero-order valence-corrected chi connectivity index (χ0v) is 19.7. The molecule has 5 aromatic rings. The predicted molar refractivity (Wildman–Crippen MR) is 139 cm³/mol. The maximum absolute atomic E-state index is 13.5. The minimum absolute atomic E-state index is 0.0502. The first-order valence-corrected chi connectivity index (χ1v) is 11.6. The third-order valence-corrected chi connectivity index (χ3v) is 6.12. The lowest BCUT2D eigenvalue weighted by molar-refractivity contribution is 0.0941. The summed E-state index contributed by atoms with van der Waals surface area (Å²) in [5.74, 6) is 0.702. The molecule has 3 N–H and O–H groups in total. The van der Waals surface area contributed by atoms with E-state index in [2.05, 4.69) is 17.4 Å². The highest BCUT2D eigenvalue weighted by Crippen LogP contribution is 2.32. The van der Waals surface area contributed by atoms with Crippen molar-refractivity contribution in [3.05, 3.63) is 90.0 Å². The van der Waals surface area contributed by atoms with E-state index >= 15 is 0 Å². The molecule has 0 saturated heterocycles. The number of aromatic nitrogens is 3. The van der Waals surface area contributed by atoms with Gasteiger partial charge in [0.2, 0.25) is 0 Å². The van der Waals surface area contributed by atoms with Gasteiger partial charge >= 0.3 is 0 Å². The largest absolute Gasteiger partial charge is 0.497 e. The number of nitrogen functional groups attached to an aromatic ring is 1. The molecule has 2 heterocycles. The number of carbonyl (C=O) groups excluding carboxylic acids is 1. The van der Waals surface area contributed by atoms with Crippen molar-refractivity contribution in [2.45, 2.75) is 25.8 Å². The van der Waals surface area contributed by atoms with Crippen LogP contribution in [-0.2, 0) is 6.42 Å². The van der Waals surface area contributed by atoms with Gasteiger partial charge in [-0.1, -0.05) is 48.5 Å². The van der Waals surface area contributed by atoms with E-state index in [9.17, 15) is 4.79 Å². The highest BCUT2D eigenvalue weighted by atomic mass is 16.5. The van der Waals surface area contributed by atoms with E-state index in [-0.39, 0.29) is 17.8 Å². The summed E-state index contributed by atoms with van der Waals surface area (Å²) >= 11 is 0. The van der Waals surface area contributed by atoms with Crippen molar-refractivity contribution in [1.29, 1.82) is 0 Å². The van der Waals surface area contributed by atoms with Crippen LogP contribution in [0.2, 0.25) is 0 Å². The number of carbonyl (C=O) groups is 1. The van der Waals surface area contributed by atoms with Crippen molar-refractivity contribution in [3.8, 4) is 11.4 Å². The Labute approximate surface area is 203 Å². The minimum atomic E-state index is -0.265. The first-order valence-electron chi connectivity index (χ1n) is 11.6. The van der Waals surface area contributed by atoms with Crippen LogP contribution in [0, 0.1) is 0 Å². The highest BCUT2D eigenvalue weighted by molar-refractivity contribution is 6.11. The van der Waals surface area contributed by atoms with Crippen molar-refractivity contribution in [2.24, 2.45) is 0 Å². The second-order valence-corrected chi connectivity index (χ2v) is 8.58. The van der Waals surface area contributed by atoms with Gasteiger partial charge in [0, 0.05) is 12.1 Å². The summed E-state index contributed by atoms with van der Waals surface area (Å²) in [6, 6.07) is 25.3. The number of methoxy groups -OCH3 is 1. The van der Waals surface area contributed by atoms with Gasteiger partial charge in [-0.05, 0) is 49.6 Å². The summed E-state index contributed by atoms with van der Waals surface area (Å²) < 4.78 is 7.16. The molecular formula is C28H27N5O2. The third-order valence-electron chi connectivity index (χ3n) is 6.12. The fourth-order valence-electron chi connectivity index (χ4n) is 4.29. The first-order chi connectivity index (χ1) is 17.0. The van der Waals surface area contributed by atoms with Crippen LogP contribution in [0.4, 0.5) is 5.82 Å². The topological polar surface area (TPSA) is 95.1 Å². The van der Waals surface area contributed by atoms with E-state index in [1.54, 1.807) is 11.7 Å². The molecule has 0 unspecified atom stereocenters. The Morgan fingerprint density at radius 2 is 1.71 bits per heavy atom. The standard InChI is InChI=1S/C28H27N5O2/c1-18(15-16-19-9-4-3-5-10-19)30-28(34)24-25-27(32-23-14-7-6-13-22(23)31-25)33(26(24)29)20-11-8-12-21(17-20)35-2/h3-14,17-18H,15-16,29H2,1-2H3,(H,30,34)/t18-/m1/s1. The lowest BCUT2D eigenvalue weighted by Crippen LogP contribution is -2.33. The normalized spacial score (nSPS) is 12.1. The molecule has 5 rings (SSSR count). The average molecular weight is 466 g/mol. The van der Waals surface area contributed by atoms with E-state index in [0.717, 1.165) is 24.0 Å². The molecule has 0 bridgehead atoms. The Morgan fingerprint density at radius 1 is 1.00 bits per heavy atom. The number of nitrogens with one attached hydrogen (secondary N) is 1. The molecule has 3 aromatic carbocycles. The Balaban J connectivity index is 1.55. The number of rotatable bonds is 7. The lowest BCUT2D eigenvalue weighted by atomic mass is 10.1. The second-order valence-electron chi connectivity index (χ2n) is 8.58. The van der Waals surface area contributed by atoms with Gasteiger partial charge in [-0.25, -0.2) is 9.97 Å². The molecule has 0 saturated carbocycles. The van der Waals surface area contributed by atoms with Crippen LogP contribution in [-0.4, -0.2) is 33.6 Å². The van der Waals surface area contributed by atoms with Crippen LogP contribution >= 0.6 is 0 Å². The molecule has 0 aliphatic heterocycles. The van der Waals surface area contributed by atoms with E-state index in [4.69, 9.17) is 20.4 Å². The summed E-state index contributed by atoms with van der Waals surface area (Å²) in [6.45, 7) is 2.00. The minimum Gasteiger partial charge on any atom is -0.497 e. The van der Waals surface area contributed by atoms with Crippen molar-refractivity contribution < 1.29 is 9.53 Å². The van der Waals surface area contributed by atoms with Crippen LogP contribution in [0.25, 0.3) is 27.9 Å². The zero-order valence-electron chi connectivity index (χ0n) is 19.7. The Hall–Kier alpha value is -4.39. The van der Waals surface area contributed by atoms with E-state index in [1.165, 1.54) is 5.56 Å². The average Bonchev–Trinajstić information content (AvgIpc) is 3.17. The molecule has 0 aliphatic carbocycles. The molecule has 0 aliphatic rings. The number of amides is 1. The molecule has 2 aromatic heterocycles. The van der Waals surface area contributed by atoms with E-state index < -0.39 is 0 Å². The fraction of sp³-hybridized carbons (Fsp3) is 0.179. The van der Waals surface area contributed by atoms with Crippen molar-refractivity contribution in [1.82, 2.24) is 19.9 Å².